The van der Waals surface area contributed by atoms with E-state index in [-0.39, 0.29) is 11.9 Å². The Kier molecular flexibility index (Phi) is 4.39. The highest BCUT2D eigenvalue weighted by atomic mass is 16.5. The molecule has 0 N–H and O–H groups in total. The maximum absolute atomic E-state index is 11.5. The zero-order valence-electron chi connectivity index (χ0n) is 9.45. The lowest BCUT2D eigenvalue weighted by Gasteiger charge is -2.35. The first-order valence-electron chi connectivity index (χ1n) is 5.55. The van der Waals surface area contributed by atoms with E-state index in [4.69, 9.17) is 4.74 Å². The van der Waals surface area contributed by atoms with E-state index < -0.39 is 0 Å². The Morgan fingerprint density at radius 2 is 2.21 bits per heavy atom. The van der Waals surface area contributed by atoms with Gasteiger partial charge in [0.25, 0.3) is 0 Å². The van der Waals surface area contributed by atoms with Gasteiger partial charge >= 0.3 is 5.97 Å². The predicted octanol–water partition coefficient (Wildman–Crippen LogP) is 1.67. The largest absolute Gasteiger partial charge is 0.466 e. The van der Waals surface area contributed by atoms with Crippen LogP contribution in [0, 0.1) is 5.92 Å². The van der Waals surface area contributed by atoms with Crippen LogP contribution in [0.1, 0.15) is 33.1 Å². The van der Waals surface area contributed by atoms with E-state index in [0.717, 1.165) is 25.8 Å². The van der Waals surface area contributed by atoms with Gasteiger partial charge in [-0.15, -0.1) is 0 Å². The van der Waals surface area contributed by atoms with E-state index in [1.165, 1.54) is 0 Å². The van der Waals surface area contributed by atoms with Gasteiger partial charge in [0.1, 0.15) is 0 Å². The van der Waals surface area contributed by atoms with Crippen LogP contribution in [0.4, 0.5) is 0 Å². The van der Waals surface area contributed by atoms with Crippen molar-refractivity contribution in [3.05, 3.63) is 0 Å². The van der Waals surface area contributed by atoms with Gasteiger partial charge in [-0.2, -0.15) is 0 Å². The van der Waals surface area contributed by atoms with Crippen LogP contribution in [0.15, 0.2) is 0 Å². The number of esters is 1. The van der Waals surface area contributed by atoms with Crippen molar-refractivity contribution >= 4 is 5.97 Å². The molecule has 3 nitrogen and oxygen atoms in total. The first-order valence-corrected chi connectivity index (χ1v) is 5.55. The third-order valence-electron chi connectivity index (χ3n) is 3.10. The number of rotatable bonds is 3. The number of likely N-dealkylation sites (tertiary alicyclic amines) is 1. The van der Waals surface area contributed by atoms with E-state index in [2.05, 4.69) is 18.9 Å². The number of ether oxygens (including phenoxy) is 1. The van der Waals surface area contributed by atoms with Crippen LogP contribution in [0.3, 0.4) is 0 Å². The highest BCUT2D eigenvalue weighted by Gasteiger charge is 2.29. The molecule has 0 spiro atoms. The summed E-state index contributed by atoms with van der Waals surface area (Å²) >= 11 is 0. The quantitative estimate of drug-likeness (QED) is 0.648. The van der Waals surface area contributed by atoms with Crippen molar-refractivity contribution in [1.82, 2.24) is 4.90 Å². The molecule has 0 aromatic rings. The smallest absolute Gasteiger partial charge is 0.309 e. The third-order valence-corrected chi connectivity index (χ3v) is 3.10. The average molecular weight is 199 g/mol. The SMILES string of the molecule is CCOC(=O)C1CCN(C)C(CC)C1. The molecule has 0 amide bonds. The average Bonchev–Trinajstić information content (AvgIpc) is 2.19. The van der Waals surface area contributed by atoms with Gasteiger partial charge in [-0.25, -0.2) is 0 Å². The van der Waals surface area contributed by atoms with Crippen molar-refractivity contribution in [3.63, 3.8) is 0 Å². The molecule has 14 heavy (non-hydrogen) atoms. The minimum Gasteiger partial charge on any atom is -0.466 e. The van der Waals surface area contributed by atoms with E-state index in [9.17, 15) is 4.79 Å². The second-order valence-corrected chi connectivity index (χ2v) is 4.02. The predicted molar refractivity (Wildman–Crippen MR) is 56.1 cm³/mol. The van der Waals surface area contributed by atoms with Gasteiger partial charge in [-0.1, -0.05) is 6.92 Å². The van der Waals surface area contributed by atoms with E-state index >= 15 is 0 Å². The number of piperidine rings is 1. The minimum atomic E-state index is -0.000880. The van der Waals surface area contributed by atoms with E-state index in [1.807, 2.05) is 6.92 Å². The summed E-state index contributed by atoms with van der Waals surface area (Å²) in [5.74, 6) is 0.134. The van der Waals surface area contributed by atoms with Crippen molar-refractivity contribution in [3.8, 4) is 0 Å². The van der Waals surface area contributed by atoms with Gasteiger partial charge in [0.05, 0.1) is 12.5 Å². The third kappa shape index (κ3) is 2.71. The van der Waals surface area contributed by atoms with Crippen LogP contribution in [-0.2, 0) is 9.53 Å². The Morgan fingerprint density at radius 1 is 1.50 bits per heavy atom. The second-order valence-electron chi connectivity index (χ2n) is 4.02. The molecule has 1 fully saturated rings. The maximum atomic E-state index is 11.5. The standard InChI is InChI=1S/C11H21NO2/c1-4-10-8-9(6-7-12(10)3)11(13)14-5-2/h9-10H,4-8H2,1-3H3. The highest BCUT2D eigenvalue weighted by molar-refractivity contribution is 5.72. The van der Waals surface area contributed by atoms with Crippen molar-refractivity contribution in [2.75, 3.05) is 20.2 Å². The van der Waals surface area contributed by atoms with Crippen LogP contribution >= 0.6 is 0 Å². The van der Waals surface area contributed by atoms with Crippen LogP contribution in [-0.4, -0.2) is 37.1 Å². The van der Waals surface area contributed by atoms with Crippen LogP contribution < -0.4 is 0 Å². The van der Waals surface area contributed by atoms with E-state index in [0.29, 0.717) is 12.6 Å². The zero-order chi connectivity index (χ0) is 10.6. The molecule has 0 bridgehead atoms. The van der Waals surface area contributed by atoms with Crippen molar-refractivity contribution < 1.29 is 9.53 Å². The number of nitrogens with zero attached hydrogens (tertiary/aromatic N) is 1. The molecule has 0 radical (unpaired) electrons. The molecule has 1 aliphatic rings. The van der Waals surface area contributed by atoms with Crippen molar-refractivity contribution in [1.29, 1.82) is 0 Å². The Balaban J connectivity index is 2.45. The molecule has 0 aromatic heterocycles. The number of hydrogen-bond acceptors (Lipinski definition) is 3. The molecule has 0 saturated carbocycles. The lowest BCUT2D eigenvalue weighted by atomic mass is 9.90. The van der Waals surface area contributed by atoms with Gasteiger partial charge < -0.3 is 9.64 Å². The normalized spacial score (nSPS) is 28.8. The van der Waals surface area contributed by atoms with Gasteiger partial charge in [-0.05, 0) is 39.8 Å². The lowest BCUT2D eigenvalue weighted by Crippen LogP contribution is -2.41. The molecular weight excluding hydrogens is 178 g/mol. The van der Waals surface area contributed by atoms with E-state index in [1.54, 1.807) is 0 Å². The molecule has 1 aliphatic heterocycles. The molecule has 1 heterocycles. The molecule has 3 heteroatoms. The fourth-order valence-corrected chi connectivity index (χ4v) is 2.12. The van der Waals surface area contributed by atoms with Crippen LogP contribution in [0.25, 0.3) is 0 Å². The Morgan fingerprint density at radius 3 is 2.79 bits per heavy atom. The van der Waals surface area contributed by atoms with Gasteiger partial charge in [0.2, 0.25) is 0 Å². The fourth-order valence-electron chi connectivity index (χ4n) is 2.12. The lowest BCUT2D eigenvalue weighted by molar-refractivity contribution is -0.150. The number of carbonyl (C=O) groups excluding carboxylic acids is 1. The molecule has 2 atom stereocenters. The fraction of sp³-hybridized carbons (Fsp3) is 0.909. The summed E-state index contributed by atoms with van der Waals surface area (Å²) in [6.07, 6.45) is 3.03. The summed E-state index contributed by atoms with van der Waals surface area (Å²) < 4.78 is 5.05. The topological polar surface area (TPSA) is 29.5 Å². The van der Waals surface area contributed by atoms with Gasteiger partial charge in [-0.3, -0.25) is 4.79 Å². The monoisotopic (exact) mass is 199 g/mol. The van der Waals surface area contributed by atoms with Gasteiger partial charge in [0, 0.05) is 6.04 Å². The molecule has 0 aliphatic carbocycles. The van der Waals surface area contributed by atoms with Crippen LogP contribution in [0.2, 0.25) is 0 Å². The van der Waals surface area contributed by atoms with Crippen molar-refractivity contribution in [2.24, 2.45) is 5.92 Å². The maximum Gasteiger partial charge on any atom is 0.309 e. The summed E-state index contributed by atoms with van der Waals surface area (Å²) in [7, 11) is 2.13. The van der Waals surface area contributed by atoms with Crippen molar-refractivity contribution in [2.45, 2.75) is 39.2 Å². The summed E-state index contributed by atoms with van der Waals surface area (Å²) in [6, 6.07) is 0.554. The number of carbonyl (C=O) groups is 1. The van der Waals surface area contributed by atoms with Gasteiger partial charge in [0.15, 0.2) is 0 Å². The molecule has 82 valence electrons. The van der Waals surface area contributed by atoms with Crippen LogP contribution in [0.5, 0.6) is 0 Å². The first kappa shape index (κ1) is 11.5. The Labute approximate surface area is 86.4 Å². The summed E-state index contributed by atoms with van der Waals surface area (Å²) in [5.41, 5.74) is 0. The summed E-state index contributed by atoms with van der Waals surface area (Å²) in [6.45, 7) is 5.56. The Bertz CT molecular complexity index is 194. The zero-order valence-corrected chi connectivity index (χ0v) is 9.45. The second kappa shape index (κ2) is 5.35. The Hall–Kier alpha value is -0.570. The highest BCUT2D eigenvalue weighted by Crippen LogP contribution is 2.24. The molecule has 0 aromatic carbocycles. The molecule has 2 unspecified atom stereocenters. The molecule has 1 saturated heterocycles. The first-order chi connectivity index (χ1) is 6.69. The summed E-state index contributed by atoms with van der Waals surface area (Å²) in [4.78, 5) is 13.9. The minimum absolute atomic E-state index is 0.000880. The molecule has 1 rings (SSSR count). The summed E-state index contributed by atoms with van der Waals surface area (Å²) in [5, 5.41) is 0. The molecular formula is C11H21NO2. The number of hydrogen-bond donors (Lipinski definition) is 0.